The second-order valence-corrected chi connectivity index (χ2v) is 8.40. The Kier molecular flexibility index (Phi) is 15.0. The lowest BCUT2D eigenvalue weighted by molar-refractivity contribution is 0.630. The van der Waals surface area contributed by atoms with Crippen LogP contribution in [0.15, 0.2) is 182 Å². The lowest BCUT2D eigenvalue weighted by atomic mass is 10.1. The normalized spacial score (nSPS) is 9.00. The summed E-state index contributed by atoms with van der Waals surface area (Å²) in [6, 6.07) is 62.3. The maximum absolute atomic E-state index is 8.29. The number of rotatable bonds is 3. The summed E-state index contributed by atoms with van der Waals surface area (Å²) in [5.41, 5.74) is 7.66. The highest BCUT2D eigenvalue weighted by atomic mass is 32.1. The minimum atomic E-state index is -0.750. The van der Waals surface area contributed by atoms with E-state index < -0.39 is 11.6 Å². The Morgan fingerprint density at radius 2 is 0.350 bits per heavy atom. The van der Waals surface area contributed by atoms with Crippen LogP contribution in [0.4, 0.5) is 0 Å². The molecule has 40 heavy (non-hydrogen) atoms. The van der Waals surface area contributed by atoms with Gasteiger partial charge in [-0.1, -0.05) is 182 Å². The largest absolute Gasteiger partial charge is 0.412 e. The second kappa shape index (κ2) is 19.2. The highest BCUT2D eigenvalue weighted by molar-refractivity contribution is 7.51. The molecule has 0 amide bonds. The van der Waals surface area contributed by atoms with E-state index in [-0.39, 0.29) is 5.48 Å². The quantitative estimate of drug-likeness (QED) is 0.224. The molecular formula is C36H32O3S. The molecule has 200 valence electrons. The molecule has 0 atom stereocenters. The van der Waals surface area contributed by atoms with Gasteiger partial charge >= 0.3 is 11.6 Å². The van der Waals surface area contributed by atoms with Gasteiger partial charge in [0.1, 0.15) is 0 Å². The maximum Gasteiger partial charge on any atom is 0.335 e. The summed E-state index contributed by atoms with van der Waals surface area (Å²) in [7, 11) is 0. The predicted molar refractivity (Wildman–Crippen MR) is 168 cm³/mol. The van der Waals surface area contributed by atoms with E-state index in [4.69, 9.17) is 8.42 Å². The topological polar surface area (TPSA) is 65.6 Å². The lowest BCUT2D eigenvalue weighted by Crippen LogP contribution is -1.73. The zero-order valence-corrected chi connectivity index (χ0v) is 22.9. The van der Waals surface area contributed by atoms with Gasteiger partial charge in [-0.15, -0.1) is 0 Å². The Hall–Kier alpha value is -4.90. The van der Waals surface area contributed by atoms with Crippen LogP contribution in [-0.2, 0) is 11.6 Å². The Bertz CT molecular complexity index is 1180. The zero-order chi connectivity index (χ0) is 27.4. The average molecular weight is 545 g/mol. The smallest absolute Gasteiger partial charge is 0.335 e. The van der Waals surface area contributed by atoms with Crippen LogP contribution in [-0.4, -0.2) is 13.9 Å². The molecule has 0 saturated heterocycles. The van der Waals surface area contributed by atoms with Gasteiger partial charge in [0.05, 0.1) is 0 Å². The molecule has 0 radical (unpaired) electrons. The molecule has 0 fully saturated rings. The highest BCUT2D eigenvalue weighted by Crippen LogP contribution is 2.19. The van der Waals surface area contributed by atoms with E-state index in [9.17, 15) is 0 Å². The van der Waals surface area contributed by atoms with Crippen molar-refractivity contribution >= 4 is 11.6 Å². The van der Waals surface area contributed by atoms with E-state index in [1.807, 2.05) is 36.4 Å². The highest BCUT2D eigenvalue weighted by Gasteiger charge is 1.93. The number of hydrogen-bond acceptors (Lipinski definition) is 2. The van der Waals surface area contributed by atoms with Crippen LogP contribution >= 0.6 is 0 Å². The van der Waals surface area contributed by atoms with Crippen molar-refractivity contribution in [3.63, 3.8) is 0 Å². The summed E-state index contributed by atoms with van der Waals surface area (Å²) in [4.78, 5) is 0. The molecule has 0 unspecified atom stereocenters. The van der Waals surface area contributed by atoms with Gasteiger partial charge in [-0.2, -0.15) is 8.42 Å². The van der Waals surface area contributed by atoms with Crippen LogP contribution < -0.4 is 0 Å². The molecule has 6 aromatic carbocycles. The minimum absolute atomic E-state index is 0. The van der Waals surface area contributed by atoms with Crippen molar-refractivity contribution in [1.29, 1.82) is 0 Å². The van der Waals surface area contributed by atoms with Crippen molar-refractivity contribution in [3.8, 4) is 33.4 Å². The molecule has 6 rings (SSSR count). The third-order valence-corrected chi connectivity index (χ3v) is 5.64. The van der Waals surface area contributed by atoms with Crippen LogP contribution in [0, 0.1) is 0 Å². The molecule has 0 spiro atoms. The van der Waals surface area contributed by atoms with E-state index in [0.29, 0.717) is 0 Å². The summed E-state index contributed by atoms with van der Waals surface area (Å²) < 4.78 is 16.6. The van der Waals surface area contributed by atoms with Crippen molar-refractivity contribution in [2.75, 3.05) is 0 Å². The molecule has 0 aliphatic carbocycles. The van der Waals surface area contributed by atoms with Gasteiger partial charge in [-0.25, -0.2) is 0 Å². The van der Waals surface area contributed by atoms with E-state index in [1.165, 1.54) is 33.4 Å². The van der Waals surface area contributed by atoms with E-state index in [0.717, 1.165) is 0 Å². The first kappa shape index (κ1) is 31.3. The molecule has 6 aromatic rings. The molecule has 0 aliphatic heterocycles. The Morgan fingerprint density at radius 3 is 0.450 bits per heavy atom. The van der Waals surface area contributed by atoms with Crippen LogP contribution in [0.25, 0.3) is 33.4 Å². The third-order valence-electron chi connectivity index (χ3n) is 5.64. The summed E-state index contributed by atoms with van der Waals surface area (Å²) in [6.45, 7) is 0. The molecule has 0 saturated carbocycles. The monoisotopic (exact) mass is 544 g/mol. The van der Waals surface area contributed by atoms with Gasteiger partial charge in [0, 0.05) is 0 Å². The van der Waals surface area contributed by atoms with E-state index in [2.05, 4.69) is 146 Å². The molecular weight excluding hydrogens is 512 g/mol. The van der Waals surface area contributed by atoms with Crippen molar-refractivity contribution in [2.45, 2.75) is 0 Å². The third kappa shape index (κ3) is 11.2. The standard InChI is InChI=1S/3C12H10.O2S.H2O/c3*1-3-7-11(8-4-1)12-9-5-2-6-10-12;1-3-2;/h3*1-10H;;1H2. The van der Waals surface area contributed by atoms with Crippen molar-refractivity contribution in [2.24, 2.45) is 0 Å². The summed E-state index contributed by atoms with van der Waals surface area (Å²) in [6.07, 6.45) is 0. The van der Waals surface area contributed by atoms with Crippen LogP contribution in [0.1, 0.15) is 0 Å². The fraction of sp³-hybridized carbons (Fsp3) is 0. The van der Waals surface area contributed by atoms with Gasteiger partial charge in [0.25, 0.3) is 0 Å². The second-order valence-electron chi connectivity index (χ2n) is 8.26. The summed E-state index contributed by atoms with van der Waals surface area (Å²) >= 11 is -0.750. The van der Waals surface area contributed by atoms with Crippen LogP contribution in [0.2, 0.25) is 0 Å². The lowest BCUT2D eigenvalue weighted by Gasteiger charge is -1.98. The van der Waals surface area contributed by atoms with Crippen molar-refractivity contribution in [1.82, 2.24) is 0 Å². The summed E-state index contributed by atoms with van der Waals surface area (Å²) in [5.74, 6) is 0. The molecule has 2 N–H and O–H groups in total. The minimum Gasteiger partial charge on any atom is -0.412 e. The molecule has 4 heteroatoms. The Morgan fingerprint density at radius 1 is 0.250 bits per heavy atom. The number of benzene rings is 6. The number of hydrogen-bond donors (Lipinski definition) is 0. The van der Waals surface area contributed by atoms with E-state index >= 15 is 0 Å². The van der Waals surface area contributed by atoms with Crippen LogP contribution in [0.5, 0.6) is 0 Å². The first-order valence-electron chi connectivity index (χ1n) is 12.5. The molecule has 0 bridgehead atoms. The Labute approximate surface area is 240 Å². The summed E-state index contributed by atoms with van der Waals surface area (Å²) in [5, 5.41) is 0. The first-order chi connectivity index (χ1) is 19.3. The van der Waals surface area contributed by atoms with Gasteiger partial charge < -0.3 is 5.48 Å². The molecule has 0 aliphatic rings. The zero-order valence-electron chi connectivity index (χ0n) is 22.0. The van der Waals surface area contributed by atoms with Gasteiger partial charge in [0.2, 0.25) is 0 Å². The van der Waals surface area contributed by atoms with Gasteiger partial charge in [0.15, 0.2) is 0 Å². The molecule has 0 aromatic heterocycles. The fourth-order valence-electron chi connectivity index (χ4n) is 3.78. The Balaban J connectivity index is 0.000000198. The van der Waals surface area contributed by atoms with Crippen molar-refractivity contribution < 1.29 is 13.9 Å². The maximum atomic E-state index is 8.29. The average Bonchev–Trinajstić information content (AvgIpc) is 3.05. The predicted octanol–water partition coefficient (Wildman–Crippen LogP) is 8.57. The first-order valence-corrected chi connectivity index (χ1v) is 13.2. The van der Waals surface area contributed by atoms with Gasteiger partial charge in [-0.05, 0) is 33.4 Å². The van der Waals surface area contributed by atoms with Crippen molar-refractivity contribution in [3.05, 3.63) is 182 Å². The van der Waals surface area contributed by atoms with Crippen LogP contribution in [0.3, 0.4) is 0 Å². The van der Waals surface area contributed by atoms with E-state index in [1.54, 1.807) is 0 Å². The van der Waals surface area contributed by atoms with Gasteiger partial charge in [-0.3, -0.25) is 0 Å². The fourth-order valence-corrected chi connectivity index (χ4v) is 3.78. The molecule has 0 heterocycles. The molecule has 3 nitrogen and oxygen atoms in total. The SMILES string of the molecule is O.O=S=O.c1ccc(-c2ccccc2)cc1.c1ccc(-c2ccccc2)cc1.c1ccc(-c2ccccc2)cc1.